The van der Waals surface area contributed by atoms with E-state index in [0.29, 0.717) is 6.42 Å². The number of carboxylic acids is 3. The van der Waals surface area contributed by atoms with Crippen LogP contribution in [-0.4, -0.2) is 57.3 Å². The summed E-state index contributed by atoms with van der Waals surface area (Å²) >= 11 is 1.60. The molecule has 2 unspecified atom stereocenters. The number of rotatable bonds is 7. The van der Waals surface area contributed by atoms with E-state index < -0.39 is 36.4 Å². The van der Waals surface area contributed by atoms with Crippen LogP contribution in [0.2, 0.25) is 0 Å². The molecule has 114 valence electrons. The van der Waals surface area contributed by atoms with Gasteiger partial charge >= 0.3 is 17.9 Å². The third-order valence-corrected chi connectivity index (χ3v) is 2.31. The first-order valence-corrected chi connectivity index (χ1v) is 6.29. The van der Waals surface area contributed by atoms with Crippen LogP contribution in [-0.2, 0) is 14.4 Å². The van der Waals surface area contributed by atoms with Crippen molar-refractivity contribution in [2.45, 2.75) is 24.9 Å². The zero-order valence-corrected chi connectivity index (χ0v) is 11.9. The number of aliphatic carboxylic acids is 3. The third-order valence-electron chi connectivity index (χ3n) is 1.66. The van der Waals surface area contributed by atoms with Gasteiger partial charge in [0.1, 0.15) is 12.1 Å². The summed E-state index contributed by atoms with van der Waals surface area (Å²) in [4.78, 5) is 29.7. The minimum absolute atomic E-state index is 0. The van der Waals surface area contributed by atoms with Gasteiger partial charge in [-0.25, -0.2) is 0 Å². The third kappa shape index (κ3) is 17.0. The van der Waals surface area contributed by atoms with Crippen LogP contribution in [0.25, 0.3) is 0 Å². The Labute approximate surface area is 120 Å². The van der Waals surface area contributed by atoms with Gasteiger partial charge in [0.25, 0.3) is 0 Å². The Morgan fingerprint density at radius 3 is 1.68 bits per heavy atom. The van der Waals surface area contributed by atoms with Gasteiger partial charge in [-0.05, 0) is 18.4 Å². The number of carbonyl (C=O) groups is 3. The monoisotopic (exact) mass is 318 g/mol. The molecule has 0 fully saturated rings. The van der Waals surface area contributed by atoms with Crippen LogP contribution in [0.1, 0.15) is 12.8 Å². The Bertz CT molecular complexity index is 292. The van der Waals surface area contributed by atoms with Crippen LogP contribution < -0.4 is 11.5 Å². The number of halogens is 1. The molecule has 0 spiro atoms. The molecule has 10 heteroatoms. The minimum atomic E-state index is -1.29. The molecule has 0 aromatic carbocycles. The van der Waals surface area contributed by atoms with Crippen LogP contribution in [0.5, 0.6) is 0 Å². The largest absolute Gasteiger partial charge is 0.481 e. The maximum absolute atomic E-state index is 10.1. The van der Waals surface area contributed by atoms with E-state index in [1.807, 2.05) is 6.26 Å². The van der Waals surface area contributed by atoms with E-state index in [1.54, 1.807) is 11.8 Å². The second-order valence-electron chi connectivity index (χ2n) is 3.27. The van der Waals surface area contributed by atoms with E-state index in [9.17, 15) is 14.4 Å². The van der Waals surface area contributed by atoms with E-state index in [4.69, 9.17) is 26.8 Å². The fourth-order valence-electron chi connectivity index (χ4n) is 0.644. The maximum Gasteiger partial charge on any atom is 0.321 e. The molecule has 0 amide bonds. The molecule has 0 bridgehead atoms. The predicted octanol–water partition coefficient (Wildman–Crippen LogP) is -0.554. The van der Waals surface area contributed by atoms with Crippen LogP contribution in [0.15, 0.2) is 0 Å². The second kappa shape index (κ2) is 13.4. The van der Waals surface area contributed by atoms with Gasteiger partial charge in [0, 0.05) is 0 Å². The quantitative estimate of drug-likeness (QED) is 0.414. The van der Waals surface area contributed by atoms with Crippen molar-refractivity contribution in [2.75, 3.05) is 12.0 Å². The van der Waals surface area contributed by atoms with Gasteiger partial charge in [-0.1, -0.05) is 0 Å². The van der Waals surface area contributed by atoms with Gasteiger partial charge in [-0.3, -0.25) is 14.4 Å². The molecule has 7 N–H and O–H groups in total. The summed E-state index contributed by atoms with van der Waals surface area (Å²) in [6, 6.07) is -1.97. The molecule has 8 nitrogen and oxygen atoms in total. The molecule has 19 heavy (non-hydrogen) atoms. The fraction of sp³-hybridized carbons (Fsp3) is 0.667. The first kappa shape index (κ1) is 23.1. The van der Waals surface area contributed by atoms with Gasteiger partial charge in [-0.2, -0.15) is 11.8 Å². The number of hydrogen-bond donors (Lipinski definition) is 5. The van der Waals surface area contributed by atoms with Crippen molar-refractivity contribution in [3.63, 3.8) is 0 Å². The van der Waals surface area contributed by atoms with Crippen LogP contribution in [0, 0.1) is 0 Å². The highest BCUT2D eigenvalue weighted by molar-refractivity contribution is 7.98. The Morgan fingerprint density at radius 2 is 1.47 bits per heavy atom. The van der Waals surface area contributed by atoms with Crippen molar-refractivity contribution in [2.24, 2.45) is 11.5 Å². The molecule has 0 saturated heterocycles. The first-order chi connectivity index (χ1) is 8.22. The number of thioether (sulfide) groups is 1. The van der Waals surface area contributed by atoms with Crippen LogP contribution in [0.4, 0.5) is 0 Å². The van der Waals surface area contributed by atoms with Crippen molar-refractivity contribution in [3.8, 4) is 0 Å². The highest BCUT2D eigenvalue weighted by atomic mass is 35.5. The minimum Gasteiger partial charge on any atom is -0.481 e. The Balaban J connectivity index is -0.000000256. The van der Waals surface area contributed by atoms with E-state index in [0.717, 1.165) is 5.75 Å². The molecule has 0 saturated carbocycles. The van der Waals surface area contributed by atoms with Crippen molar-refractivity contribution in [3.05, 3.63) is 0 Å². The highest BCUT2D eigenvalue weighted by Gasteiger charge is 2.14. The van der Waals surface area contributed by atoms with E-state index in [-0.39, 0.29) is 12.4 Å². The van der Waals surface area contributed by atoms with Crippen molar-refractivity contribution >= 4 is 42.1 Å². The number of nitrogens with two attached hydrogens (primary N) is 2. The molecule has 0 radical (unpaired) electrons. The molecular weight excluding hydrogens is 300 g/mol. The molecule has 0 aliphatic carbocycles. The lowest BCUT2D eigenvalue weighted by atomic mass is 10.2. The van der Waals surface area contributed by atoms with Crippen molar-refractivity contribution < 1.29 is 29.7 Å². The van der Waals surface area contributed by atoms with E-state index >= 15 is 0 Å². The Kier molecular flexibility index (Phi) is 16.3. The summed E-state index contributed by atoms with van der Waals surface area (Å²) in [6.07, 6.45) is 1.94. The molecule has 0 aliphatic rings. The summed E-state index contributed by atoms with van der Waals surface area (Å²) in [6.45, 7) is 0. The molecule has 0 aromatic rings. The Hall–Kier alpha value is -1.03. The molecule has 0 aliphatic heterocycles. The van der Waals surface area contributed by atoms with E-state index in [1.165, 1.54) is 0 Å². The highest BCUT2D eigenvalue weighted by Crippen LogP contribution is 1.97. The summed E-state index contributed by atoms with van der Waals surface area (Å²) in [7, 11) is 0. The maximum atomic E-state index is 10.1. The summed E-state index contributed by atoms with van der Waals surface area (Å²) in [5.74, 6) is -2.60. The van der Waals surface area contributed by atoms with Crippen molar-refractivity contribution in [1.29, 1.82) is 0 Å². The van der Waals surface area contributed by atoms with Gasteiger partial charge in [0.15, 0.2) is 0 Å². The smallest absolute Gasteiger partial charge is 0.321 e. The van der Waals surface area contributed by atoms with Gasteiger partial charge < -0.3 is 26.8 Å². The second-order valence-corrected chi connectivity index (χ2v) is 4.25. The SMILES string of the molecule is CSCCC(N)C(=O)O.Cl.NC(CC(=O)O)C(=O)O. The topological polar surface area (TPSA) is 164 Å². The van der Waals surface area contributed by atoms with Crippen LogP contribution in [0.3, 0.4) is 0 Å². The summed E-state index contributed by atoms with van der Waals surface area (Å²) in [5, 5.41) is 24.3. The van der Waals surface area contributed by atoms with E-state index in [2.05, 4.69) is 0 Å². The molecule has 0 rings (SSSR count). The van der Waals surface area contributed by atoms with Gasteiger partial charge in [0.2, 0.25) is 0 Å². The van der Waals surface area contributed by atoms with Crippen molar-refractivity contribution in [1.82, 2.24) is 0 Å². The zero-order chi connectivity index (χ0) is 14.7. The zero-order valence-electron chi connectivity index (χ0n) is 10.3. The average Bonchev–Trinajstić information content (AvgIpc) is 2.25. The number of carboxylic acid groups (broad SMARTS) is 3. The molecule has 2 atom stereocenters. The normalized spacial score (nSPS) is 12.2. The molecule has 0 heterocycles. The standard InChI is InChI=1S/C5H11NO2S.C4H7NO4.ClH/c1-9-3-2-4(6)5(7)8;5-2(4(8)9)1-3(6)7;/h4H,2-3,6H2,1H3,(H,7,8);2H,1,5H2,(H,6,7)(H,8,9);1H. The first-order valence-electron chi connectivity index (χ1n) is 4.89. The lowest BCUT2D eigenvalue weighted by Gasteiger charge is -2.02. The summed E-state index contributed by atoms with van der Waals surface area (Å²) < 4.78 is 0. The molecular formula is C9H19ClN2O6S. The fourth-order valence-corrected chi connectivity index (χ4v) is 1.13. The Morgan fingerprint density at radius 1 is 1.05 bits per heavy atom. The van der Waals surface area contributed by atoms with Gasteiger partial charge in [-0.15, -0.1) is 12.4 Å². The average molecular weight is 319 g/mol. The van der Waals surface area contributed by atoms with Crippen LogP contribution >= 0.6 is 24.2 Å². The number of hydrogen-bond acceptors (Lipinski definition) is 6. The predicted molar refractivity (Wildman–Crippen MR) is 73.7 cm³/mol. The lowest BCUT2D eigenvalue weighted by molar-refractivity contribution is -0.144. The lowest BCUT2D eigenvalue weighted by Crippen LogP contribution is -2.32. The van der Waals surface area contributed by atoms with Gasteiger partial charge in [0.05, 0.1) is 6.42 Å². The summed E-state index contributed by atoms with van der Waals surface area (Å²) in [5.41, 5.74) is 10.0. The molecule has 0 aromatic heterocycles.